The van der Waals surface area contributed by atoms with Crippen LogP contribution >= 0.6 is 0 Å². The Hall–Kier alpha value is -2.44. The van der Waals surface area contributed by atoms with Crippen molar-refractivity contribution in [3.63, 3.8) is 0 Å². The molecule has 1 atom stereocenters. The van der Waals surface area contributed by atoms with Crippen molar-refractivity contribution in [1.82, 2.24) is 19.9 Å². The van der Waals surface area contributed by atoms with Gasteiger partial charge in [-0.3, -0.25) is 19.3 Å². The smallest absolute Gasteiger partial charge is 0.237 e. The monoisotopic (exact) mass is 245 g/mol. The highest BCUT2D eigenvalue weighted by Crippen LogP contribution is 2.24. The second-order valence-corrected chi connectivity index (χ2v) is 4.25. The van der Waals surface area contributed by atoms with Crippen LogP contribution in [0.5, 0.6) is 0 Å². The van der Waals surface area contributed by atoms with Gasteiger partial charge in [0.25, 0.3) is 0 Å². The molecule has 18 heavy (non-hydrogen) atoms. The van der Waals surface area contributed by atoms with Crippen molar-refractivity contribution in [3.8, 4) is 0 Å². The van der Waals surface area contributed by atoms with E-state index in [9.17, 15) is 9.59 Å². The molecule has 92 valence electrons. The van der Waals surface area contributed by atoms with E-state index >= 15 is 0 Å². The maximum Gasteiger partial charge on any atom is 0.237 e. The van der Waals surface area contributed by atoms with Crippen molar-refractivity contribution in [2.45, 2.75) is 18.8 Å². The number of pyridine rings is 1. The third-order valence-electron chi connectivity index (χ3n) is 3.00. The number of rotatable bonds is 1. The summed E-state index contributed by atoms with van der Waals surface area (Å²) in [6.07, 6.45) is 2.43. The number of piperidine rings is 1. The van der Waals surface area contributed by atoms with E-state index in [0.717, 1.165) is 0 Å². The molecule has 0 aliphatic carbocycles. The lowest BCUT2D eigenvalue weighted by molar-refractivity contribution is -0.134. The predicted molar refractivity (Wildman–Crippen MR) is 62.5 cm³/mol. The molecule has 3 heterocycles. The van der Waals surface area contributed by atoms with E-state index < -0.39 is 5.92 Å². The molecule has 2 amide bonds. The molecular formula is C11H11N5O2. The van der Waals surface area contributed by atoms with Crippen molar-refractivity contribution >= 4 is 23.1 Å². The van der Waals surface area contributed by atoms with Crippen molar-refractivity contribution < 1.29 is 9.59 Å². The van der Waals surface area contributed by atoms with Gasteiger partial charge in [-0.2, -0.15) is 0 Å². The first-order valence-electron chi connectivity index (χ1n) is 5.59. The summed E-state index contributed by atoms with van der Waals surface area (Å²) in [5.41, 5.74) is 6.90. The molecule has 0 bridgehead atoms. The first-order chi connectivity index (χ1) is 8.65. The van der Waals surface area contributed by atoms with Crippen molar-refractivity contribution in [2.24, 2.45) is 0 Å². The second kappa shape index (κ2) is 3.80. The van der Waals surface area contributed by atoms with Crippen molar-refractivity contribution in [1.29, 1.82) is 0 Å². The van der Waals surface area contributed by atoms with Gasteiger partial charge in [0.1, 0.15) is 5.82 Å². The predicted octanol–water partition coefficient (Wildman–Crippen LogP) is -0.168. The SMILES string of the molecule is Nc1ccc2nnc(C3CCC(=O)NC3=O)n2c1. The minimum absolute atomic E-state index is 0.246. The number of aromatic nitrogens is 3. The number of amides is 2. The molecule has 0 saturated carbocycles. The summed E-state index contributed by atoms with van der Waals surface area (Å²) in [5.74, 6) is -0.519. The highest BCUT2D eigenvalue weighted by Gasteiger charge is 2.31. The topological polar surface area (TPSA) is 102 Å². The van der Waals surface area contributed by atoms with Crippen LogP contribution in [0.15, 0.2) is 18.3 Å². The number of carbonyl (C=O) groups is 2. The van der Waals surface area contributed by atoms with Crippen LogP contribution in [-0.4, -0.2) is 26.4 Å². The van der Waals surface area contributed by atoms with Crippen molar-refractivity contribution in [2.75, 3.05) is 5.73 Å². The van der Waals surface area contributed by atoms with Gasteiger partial charge in [-0.1, -0.05) is 0 Å². The van der Waals surface area contributed by atoms with Crippen LogP contribution in [0.3, 0.4) is 0 Å². The molecule has 3 rings (SSSR count). The molecular weight excluding hydrogens is 234 g/mol. The molecule has 0 radical (unpaired) electrons. The minimum Gasteiger partial charge on any atom is -0.398 e. The van der Waals surface area contributed by atoms with Gasteiger partial charge in [-0.05, 0) is 18.6 Å². The standard InChI is InChI=1S/C11H11N5O2/c12-6-1-3-8-14-15-10(16(8)5-6)7-2-4-9(17)13-11(7)18/h1,3,5,7H,2,4,12H2,(H,13,17,18). The zero-order chi connectivity index (χ0) is 12.7. The number of anilines is 1. The largest absolute Gasteiger partial charge is 0.398 e. The first kappa shape index (κ1) is 10.7. The zero-order valence-electron chi connectivity index (χ0n) is 9.46. The Morgan fingerprint density at radius 1 is 1.33 bits per heavy atom. The van der Waals surface area contributed by atoms with Crippen LogP contribution in [-0.2, 0) is 9.59 Å². The zero-order valence-corrected chi connectivity index (χ0v) is 9.46. The lowest BCUT2D eigenvalue weighted by Gasteiger charge is -2.19. The van der Waals surface area contributed by atoms with Gasteiger partial charge in [0.05, 0.1) is 5.92 Å². The number of fused-ring (bicyclic) bond motifs is 1. The Balaban J connectivity index is 2.06. The molecule has 1 fully saturated rings. The molecule has 3 N–H and O–H groups in total. The van der Waals surface area contributed by atoms with Crippen LogP contribution in [0.2, 0.25) is 0 Å². The van der Waals surface area contributed by atoms with Crippen LogP contribution < -0.4 is 11.1 Å². The Morgan fingerprint density at radius 3 is 2.94 bits per heavy atom. The molecule has 1 aliphatic heterocycles. The maximum absolute atomic E-state index is 11.8. The summed E-state index contributed by atoms with van der Waals surface area (Å²) in [6.45, 7) is 0. The quantitative estimate of drug-likeness (QED) is 0.679. The fourth-order valence-corrected chi connectivity index (χ4v) is 2.10. The van der Waals surface area contributed by atoms with Crippen LogP contribution in [0, 0.1) is 0 Å². The Bertz CT molecular complexity index is 648. The van der Waals surface area contributed by atoms with E-state index in [1.165, 1.54) is 0 Å². The number of carbonyl (C=O) groups excluding carboxylic acids is 2. The fourth-order valence-electron chi connectivity index (χ4n) is 2.10. The van der Waals surface area contributed by atoms with E-state index in [2.05, 4.69) is 15.5 Å². The highest BCUT2D eigenvalue weighted by atomic mass is 16.2. The van der Waals surface area contributed by atoms with Crippen LogP contribution in [0.1, 0.15) is 24.6 Å². The average molecular weight is 245 g/mol. The van der Waals surface area contributed by atoms with Gasteiger partial charge in [-0.25, -0.2) is 0 Å². The van der Waals surface area contributed by atoms with Gasteiger partial charge in [0.2, 0.25) is 11.8 Å². The Kier molecular flexibility index (Phi) is 2.26. The summed E-state index contributed by atoms with van der Waals surface area (Å²) in [7, 11) is 0. The van der Waals surface area contributed by atoms with E-state index in [-0.39, 0.29) is 11.8 Å². The van der Waals surface area contributed by atoms with E-state index in [1.807, 2.05) is 0 Å². The number of nitrogens with zero attached hydrogens (tertiary/aromatic N) is 3. The molecule has 1 unspecified atom stereocenters. The van der Waals surface area contributed by atoms with Crippen molar-refractivity contribution in [3.05, 3.63) is 24.2 Å². The summed E-state index contributed by atoms with van der Waals surface area (Å²) in [4.78, 5) is 22.9. The van der Waals surface area contributed by atoms with Crippen LogP contribution in [0.4, 0.5) is 5.69 Å². The second-order valence-electron chi connectivity index (χ2n) is 4.25. The molecule has 1 saturated heterocycles. The summed E-state index contributed by atoms with van der Waals surface area (Å²) < 4.78 is 1.69. The maximum atomic E-state index is 11.8. The van der Waals surface area contributed by atoms with Gasteiger partial charge in [-0.15, -0.1) is 10.2 Å². The average Bonchev–Trinajstić information content (AvgIpc) is 2.72. The lowest BCUT2D eigenvalue weighted by Crippen LogP contribution is -2.40. The number of nitrogens with two attached hydrogens (primary N) is 1. The lowest BCUT2D eigenvalue weighted by atomic mass is 9.97. The molecule has 7 nitrogen and oxygen atoms in total. The van der Waals surface area contributed by atoms with Gasteiger partial charge in [0, 0.05) is 18.3 Å². The first-order valence-corrected chi connectivity index (χ1v) is 5.59. The fraction of sp³-hybridized carbons (Fsp3) is 0.273. The summed E-state index contributed by atoms with van der Waals surface area (Å²) >= 11 is 0. The number of hydrogen-bond acceptors (Lipinski definition) is 5. The summed E-state index contributed by atoms with van der Waals surface area (Å²) in [5, 5.41) is 10.3. The molecule has 0 spiro atoms. The molecule has 7 heteroatoms. The third kappa shape index (κ3) is 1.60. The van der Waals surface area contributed by atoms with E-state index in [1.54, 1.807) is 22.7 Å². The van der Waals surface area contributed by atoms with Crippen LogP contribution in [0.25, 0.3) is 5.65 Å². The number of nitrogen functional groups attached to an aromatic ring is 1. The summed E-state index contributed by atoms with van der Waals surface area (Å²) in [6, 6.07) is 3.45. The number of hydrogen-bond donors (Lipinski definition) is 2. The Labute approximate surface area is 102 Å². The highest BCUT2D eigenvalue weighted by molar-refractivity contribution is 6.00. The Morgan fingerprint density at radius 2 is 2.17 bits per heavy atom. The minimum atomic E-state index is -0.459. The molecule has 2 aromatic heterocycles. The molecule has 0 aromatic carbocycles. The van der Waals surface area contributed by atoms with E-state index in [4.69, 9.17) is 5.73 Å². The normalized spacial score (nSPS) is 20.1. The molecule has 2 aromatic rings. The number of imide groups is 1. The van der Waals surface area contributed by atoms with E-state index in [0.29, 0.717) is 30.0 Å². The third-order valence-corrected chi connectivity index (χ3v) is 3.00. The van der Waals surface area contributed by atoms with Gasteiger partial charge in [0.15, 0.2) is 5.65 Å². The number of nitrogens with one attached hydrogen (secondary N) is 1. The van der Waals surface area contributed by atoms with Gasteiger partial charge >= 0.3 is 0 Å². The molecule has 1 aliphatic rings. The van der Waals surface area contributed by atoms with Gasteiger partial charge < -0.3 is 5.73 Å².